The average molecular weight is 389 g/mol. The molecular formula is C23H32O5. The number of ketones is 1. The fraction of sp³-hybridized carbons (Fsp3) is 0.870. The first kappa shape index (κ1) is 18.1. The third-order valence-corrected chi connectivity index (χ3v) is 9.42. The van der Waals surface area contributed by atoms with Crippen molar-refractivity contribution in [3.63, 3.8) is 0 Å². The first-order valence-corrected chi connectivity index (χ1v) is 11.2. The molecule has 2 aliphatic heterocycles. The molecule has 0 unspecified atom stereocenters. The molecule has 5 fully saturated rings. The van der Waals surface area contributed by atoms with E-state index in [4.69, 9.17) is 18.9 Å². The number of fused-ring (bicyclic) bond motifs is 6. The fourth-order valence-corrected chi connectivity index (χ4v) is 8.06. The van der Waals surface area contributed by atoms with E-state index in [9.17, 15) is 4.79 Å². The Morgan fingerprint density at radius 1 is 0.929 bits per heavy atom. The van der Waals surface area contributed by atoms with Crippen molar-refractivity contribution in [3.05, 3.63) is 11.6 Å². The molecule has 0 radical (unpaired) electrons. The minimum atomic E-state index is -0.522. The van der Waals surface area contributed by atoms with Gasteiger partial charge in [-0.1, -0.05) is 25.5 Å². The zero-order chi connectivity index (χ0) is 19.2. The fourth-order valence-electron chi connectivity index (χ4n) is 8.06. The molecule has 5 nitrogen and oxygen atoms in total. The number of ether oxygens (including phenoxy) is 4. The van der Waals surface area contributed by atoms with Gasteiger partial charge in [0, 0.05) is 37.0 Å². The molecule has 154 valence electrons. The van der Waals surface area contributed by atoms with E-state index >= 15 is 0 Å². The lowest BCUT2D eigenvalue weighted by molar-refractivity contribution is -0.239. The molecule has 5 heteroatoms. The highest BCUT2D eigenvalue weighted by molar-refractivity contribution is 5.85. The van der Waals surface area contributed by atoms with Crippen LogP contribution in [0, 0.1) is 28.6 Å². The molecule has 28 heavy (non-hydrogen) atoms. The molecule has 6 rings (SSSR count). The Morgan fingerprint density at radius 2 is 1.64 bits per heavy atom. The molecule has 0 amide bonds. The van der Waals surface area contributed by atoms with Crippen molar-refractivity contribution in [1.82, 2.24) is 0 Å². The molecule has 2 spiro atoms. The highest BCUT2D eigenvalue weighted by Gasteiger charge is 2.69. The normalized spacial score (nSPS) is 48.4. The number of hydrogen-bond acceptors (Lipinski definition) is 5. The molecule has 4 aliphatic carbocycles. The van der Waals surface area contributed by atoms with Gasteiger partial charge >= 0.3 is 0 Å². The van der Waals surface area contributed by atoms with Crippen LogP contribution in [0.4, 0.5) is 0 Å². The second-order valence-electron chi connectivity index (χ2n) is 10.5. The monoisotopic (exact) mass is 388 g/mol. The van der Waals surface area contributed by atoms with Crippen LogP contribution in [-0.2, 0) is 23.7 Å². The summed E-state index contributed by atoms with van der Waals surface area (Å²) >= 11 is 0. The van der Waals surface area contributed by atoms with Crippen LogP contribution in [-0.4, -0.2) is 43.8 Å². The second kappa shape index (κ2) is 5.69. The molecule has 0 aromatic heterocycles. The van der Waals surface area contributed by atoms with Crippen LogP contribution in [0.1, 0.15) is 58.8 Å². The van der Waals surface area contributed by atoms with Gasteiger partial charge in [0.1, 0.15) is 5.78 Å². The number of carbonyl (C=O) groups excluding carboxylic acids is 1. The van der Waals surface area contributed by atoms with E-state index in [-0.39, 0.29) is 16.7 Å². The minimum Gasteiger partial charge on any atom is -0.347 e. The second-order valence-corrected chi connectivity index (χ2v) is 10.5. The maximum atomic E-state index is 13.7. The lowest BCUT2D eigenvalue weighted by atomic mass is 9.47. The van der Waals surface area contributed by atoms with E-state index in [1.165, 1.54) is 5.57 Å². The number of rotatable bonds is 0. The average Bonchev–Trinajstić information content (AvgIpc) is 3.38. The Morgan fingerprint density at radius 3 is 2.39 bits per heavy atom. The highest BCUT2D eigenvalue weighted by Crippen LogP contribution is 2.68. The van der Waals surface area contributed by atoms with Gasteiger partial charge in [-0.25, -0.2) is 0 Å². The summed E-state index contributed by atoms with van der Waals surface area (Å²) in [6, 6.07) is 0. The standard InChI is InChI=1S/C23H32O5/c1-20-7-8-22(25-9-10-26-22)13-15(20)3-4-16-17-5-6-23(27-11-12-28-23)21(17,2)14-18(24)19(16)20/h3,16-17,19H,4-14H2,1-2H3/t16-,17-,19+,20-,21-/m1/s1. The molecule has 0 aromatic carbocycles. The van der Waals surface area contributed by atoms with Crippen molar-refractivity contribution in [1.29, 1.82) is 0 Å². The molecule has 2 heterocycles. The summed E-state index contributed by atoms with van der Waals surface area (Å²) in [5, 5.41) is 0. The summed E-state index contributed by atoms with van der Waals surface area (Å²) in [7, 11) is 0. The zero-order valence-electron chi connectivity index (χ0n) is 17.1. The summed E-state index contributed by atoms with van der Waals surface area (Å²) in [5.41, 5.74) is 1.17. The van der Waals surface area contributed by atoms with Gasteiger partial charge in [-0.05, 0) is 36.5 Å². The number of allylic oxidation sites excluding steroid dienone is 1. The summed E-state index contributed by atoms with van der Waals surface area (Å²) in [5.74, 6) is 0.519. The van der Waals surface area contributed by atoms with Gasteiger partial charge in [-0.15, -0.1) is 0 Å². The van der Waals surface area contributed by atoms with Crippen molar-refractivity contribution in [2.75, 3.05) is 26.4 Å². The van der Waals surface area contributed by atoms with E-state index in [1.54, 1.807) is 0 Å². The van der Waals surface area contributed by atoms with Crippen molar-refractivity contribution in [2.24, 2.45) is 28.6 Å². The largest absolute Gasteiger partial charge is 0.347 e. The molecule has 0 aromatic rings. The van der Waals surface area contributed by atoms with Gasteiger partial charge in [-0.2, -0.15) is 0 Å². The van der Waals surface area contributed by atoms with E-state index in [2.05, 4.69) is 19.9 Å². The summed E-state index contributed by atoms with van der Waals surface area (Å²) in [6.45, 7) is 7.31. The number of hydrogen-bond donors (Lipinski definition) is 0. The molecule has 0 bridgehead atoms. The van der Waals surface area contributed by atoms with E-state index < -0.39 is 11.6 Å². The van der Waals surface area contributed by atoms with Crippen LogP contribution in [0.2, 0.25) is 0 Å². The van der Waals surface area contributed by atoms with Crippen LogP contribution < -0.4 is 0 Å². The Bertz CT molecular complexity index is 731. The predicted octanol–water partition coefficient (Wildman–Crippen LogP) is 3.61. The maximum absolute atomic E-state index is 13.7. The summed E-state index contributed by atoms with van der Waals surface area (Å²) in [6.07, 6.45) is 8.78. The Kier molecular flexibility index (Phi) is 3.67. The molecule has 2 saturated heterocycles. The summed E-state index contributed by atoms with van der Waals surface area (Å²) < 4.78 is 24.4. The van der Waals surface area contributed by atoms with Gasteiger partial charge in [0.05, 0.1) is 26.4 Å². The third-order valence-electron chi connectivity index (χ3n) is 9.42. The Labute approximate surface area is 167 Å². The van der Waals surface area contributed by atoms with Gasteiger partial charge in [0.15, 0.2) is 11.6 Å². The SMILES string of the molecule is C[C@@]12CCC3(CC1=CC[C@H]1[C@H]2C(=O)C[C@]2(C)[C@@H]1CCC21OCCO1)OCCO3. The maximum Gasteiger partial charge on any atom is 0.174 e. The molecule has 0 N–H and O–H groups in total. The number of carbonyl (C=O) groups is 1. The zero-order valence-corrected chi connectivity index (χ0v) is 17.1. The lowest BCUT2D eigenvalue weighted by Crippen LogP contribution is -2.59. The van der Waals surface area contributed by atoms with E-state index in [0.717, 1.165) is 38.5 Å². The number of Topliss-reactive ketones (excluding diaryl/α,β-unsaturated/α-hetero) is 1. The lowest BCUT2D eigenvalue weighted by Gasteiger charge is -2.58. The van der Waals surface area contributed by atoms with Gasteiger partial charge in [-0.3, -0.25) is 4.79 Å². The topological polar surface area (TPSA) is 54.0 Å². The van der Waals surface area contributed by atoms with Crippen LogP contribution in [0.3, 0.4) is 0 Å². The first-order chi connectivity index (χ1) is 13.4. The van der Waals surface area contributed by atoms with Crippen molar-refractivity contribution in [2.45, 2.75) is 70.4 Å². The molecule has 3 saturated carbocycles. The van der Waals surface area contributed by atoms with Gasteiger partial charge in [0.2, 0.25) is 0 Å². The van der Waals surface area contributed by atoms with Crippen molar-refractivity contribution >= 4 is 5.78 Å². The van der Waals surface area contributed by atoms with Crippen LogP contribution in [0.25, 0.3) is 0 Å². The van der Waals surface area contributed by atoms with Crippen molar-refractivity contribution < 1.29 is 23.7 Å². The van der Waals surface area contributed by atoms with Crippen molar-refractivity contribution in [3.8, 4) is 0 Å². The molecule has 5 atom stereocenters. The third kappa shape index (κ3) is 2.09. The van der Waals surface area contributed by atoms with Crippen LogP contribution in [0.5, 0.6) is 0 Å². The Balaban J connectivity index is 1.36. The highest BCUT2D eigenvalue weighted by atomic mass is 16.7. The van der Waals surface area contributed by atoms with Gasteiger partial charge in [0.25, 0.3) is 0 Å². The molecular weight excluding hydrogens is 356 g/mol. The summed E-state index contributed by atoms with van der Waals surface area (Å²) in [4.78, 5) is 13.7. The first-order valence-electron chi connectivity index (χ1n) is 11.2. The Hall–Kier alpha value is -0.750. The smallest absolute Gasteiger partial charge is 0.174 e. The predicted molar refractivity (Wildman–Crippen MR) is 101 cm³/mol. The van der Waals surface area contributed by atoms with Crippen LogP contribution in [0.15, 0.2) is 11.6 Å². The minimum absolute atomic E-state index is 0.0466. The van der Waals surface area contributed by atoms with Crippen LogP contribution >= 0.6 is 0 Å². The van der Waals surface area contributed by atoms with E-state index in [1.807, 2.05) is 0 Å². The van der Waals surface area contributed by atoms with Gasteiger partial charge < -0.3 is 18.9 Å². The molecule has 6 aliphatic rings. The van der Waals surface area contributed by atoms with E-state index in [0.29, 0.717) is 50.5 Å². The quantitative estimate of drug-likeness (QED) is 0.594.